The Hall–Kier alpha value is -3.17. The molecule has 148 valence electrons. The van der Waals surface area contributed by atoms with Crippen molar-refractivity contribution in [1.82, 2.24) is 4.98 Å². The summed E-state index contributed by atoms with van der Waals surface area (Å²) in [4.78, 5) is 28.6. The fraction of sp³-hybridized carbons (Fsp3) is 0.150. The molecule has 9 heteroatoms. The second-order valence-electron chi connectivity index (χ2n) is 6.15. The van der Waals surface area contributed by atoms with Gasteiger partial charge in [0.25, 0.3) is 5.91 Å². The smallest absolute Gasteiger partial charge is 0.341 e. The molecule has 0 fully saturated rings. The molecule has 4 rings (SSSR count). The van der Waals surface area contributed by atoms with E-state index < -0.39 is 11.9 Å². The standard InChI is InChI=1S/C20H16N2O5S2/c1-10-21-17-15(29-10)8-14(11-6-7-28-19(11)17)27-9-16(23)22-13-5-3-4-12(18(13)24)20(25)26-2/h3-8,24H,9H2,1-2H3,(H,22,23). The lowest BCUT2D eigenvalue weighted by molar-refractivity contribution is -0.118. The first-order valence-electron chi connectivity index (χ1n) is 8.58. The lowest BCUT2D eigenvalue weighted by atomic mass is 10.1. The van der Waals surface area contributed by atoms with E-state index >= 15 is 0 Å². The average molecular weight is 428 g/mol. The highest BCUT2D eigenvalue weighted by Gasteiger charge is 2.17. The third kappa shape index (κ3) is 3.62. The van der Waals surface area contributed by atoms with Gasteiger partial charge in [0.2, 0.25) is 0 Å². The summed E-state index contributed by atoms with van der Waals surface area (Å²) in [6, 6.07) is 8.26. The lowest BCUT2D eigenvalue weighted by Crippen LogP contribution is -2.20. The molecule has 0 saturated heterocycles. The maximum atomic E-state index is 12.4. The number of nitrogens with one attached hydrogen (secondary N) is 1. The quantitative estimate of drug-likeness (QED) is 0.363. The number of hydrogen-bond donors (Lipinski definition) is 2. The van der Waals surface area contributed by atoms with Gasteiger partial charge in [-0.05, 0) is 30.5 Å². The Morgan fingerprint density at radius 1 is 1.28 bits per heavy atom. The van der Waals surface area contributed by atoms with E-state index in [9.17, 15) is 14.7 Å². The number of thiophene rings is 1. The first-order valence-corrected chi connectivity index (χ1v) is 10.3. The van der Waals surface area contributed by atoms with Crippen LogP contribution in [0.3, 0.4) is 0 Å². The van der Waals surface area contributed by atoms with Gasteiger partial charge in [-0.3, -0.25) is 4.79 Å². The van der Waals surface area contributed by atoms with E-state index in [2.05, 4.69) is 15.0 Å². The van der Waals surface area contributed by atoms with Crippen LogP contribution >= 0.6 is 22.7 Å². The number of rotatable bonds is 5. The van der Waals surface area contributed by atoms with Crippen molar-refractivity contribution >= 4 is 60.5 Å². The number of phenolic OH excluding ortho intramolecular Hbond substituents is 1. The predicted octanol–water partition coefficient (Wildman–Crippen LogP) is 4.33. The van der Waals surface area contributed by atoms with Crippen LogP contribution in [0, 0.1) is 6.92 Å². The largest absolute Gasteiger partial charge is 0.505 e. The van der Waals surface area contributed by atoms with Crippen molar-refractivity contribution in [2.45, 2.75) is 6.92 Å². The van der Waals surface area contributed by atoms with Crippen LogP contribution in [0.1, 0.15) is 15.4 Å². The molecule has 0 bridgehead atoms. The summed E-state index contributed by atoms with van der Waals surface area (Å²) in [5, 5.41) is 16.6. The molecule has 0 radical (unpaired) electrons. The van der Waals surface area contributed by atoms with Gasteiger partial charge in [0, 0.05) is 11.5 Å². The Labute approximate surface area is 173 Å². The highest BCUT2D eigenvalue weighted by Crippen LogP contribution is 2.38. The predicted molar refractivity (Wildman–Crippen MR) is 113 cm³/mol. The zero-order valence-electron chi connectivity index (χ0n) is 15.5. The number of thiazole rings is 1. The number of aromatic nitrogens is 1. The van der Waals surface area contributed by atoms with Crippen LogP contribution < -0.4 is 10.1 Å². The molecular formula is C20H16N2O5S2. The number of para-hydroxylation sites is 1. The number of ether oxygens (including phenoxy) is 2. The van der Waals surface area contributed by atoms with E-state index in [4.69, 9.17) is 4.74 Å². The molecule has 7 nitrogen and oxygen atoms in total. The number of hydrogen-bond acceptors (Lipinski definition) is 8. The summed E-state index contributed by atoms with van der Waals surface area (Å²) in [7, 11) is 1.22. The van der Waals surface area contributed by atoms with Crippen molar-refractivity contribution < 1.29 is 24.2 Å². The Morgan fingerprint density at radius 3 is 2.90 bits per heavy atom. The van der Waals surface area contributed by atoms with Crippen LogP contribution in [0.15, 0.2) is 35.7 Å². The lowest BCUT2D eigenvalue weighted by Gasteiger charge is -2.11. The van der Waals surface area contributed by atoms with E-state index in [1.165, 1.54) is 25.3 Å². The number of amides is 1. The molecule has 0 saturated carbocycles. The van der Waals surface area contributed by atoms with E-state index in [-0.39, 0.29) is 23.6 Å². The topological polar surface area (TPSA) is 97.8 Å². The zero-order chi connectivity index (χ0) is 20.5. The van der Waals surface area contributed by atoms with Crippen molar-refractivity contribution in [3.63, 3.8) is 0 Å². The number of benzene rings is 2. The highest BCUT2D eigenvalue weighted by molar-refractivity contribution is 7.21. The van der Waals surface area contributed by atoms with E-state index in [1.54, 1.807) is 22.7 Å². The van der Waals surface area contributed by atoms with Crippen molar-refractivity contribution in [2.75, 3.05) is 19.0 Å². The summed E-state index contributed by atoms with van der Waals surface area (Å²) in [5.41, 5.74) is 1.02. The van der Waals surface area contributed by atoms with Gasteiger partial charge in [0.15, 0.2) is 12.4 Å². The molecule has 2 aromatic carbocycles. The number of fused-ring (bicyclic) bond motifs is 3. The van der Waals surface area contributed by atoms with Gasteiger partial charge in [-0.25, -0.2) is 9.78 Å². The molecular weight excluding hydrogens is 412 g/mol. The number of aromatic hydroxyl groups is 1. The Bertz CT molecular complexity index is 1240. The van der Waals surface area contributed by atoms with Crippen LogP contribution in [0.25, 0.3) is 20.3 Å². The molecule has 0 aliphatic rings. The summed E-state index contributed by atoms with van der Waals surface area (Å²) in [6.45, 7) is 1.70. The molecule has 0 atom stereocenters. The molecule has 2 heterocycles. The van der Waals surface area contributed by atoms with Crippen LogP contribution in [0.2, 0.25) is 0 Å². The monoisotopic (exact) mass is 428 g/mol. The number of esters is 1. The number of aryl methyl sites for hydroxylation is 1. The Kier molecular flexibility index (Phi) is 5.08. The second-order valence-corrected chi connectivity index (χ2v) is 8.30. The zero-order valence-corrected chi connectivity index (χ0v) is 17.1. The SMILES string of the molecule is COC(=O)c1cccc(NC(=O)COc2cc3sc(C)nc3c3sccc23)c1O. The maximum absolute atomic E-state index is 12.4. The number of methoxy groups -OCH3 is 1. The minimum Gasteiger partial charge on any atom is -0.505 e. The first kappa shape index (κ1) is 19.2. The fourth-order valence-corrected chi connectivity index (χ4v) is 4.79. The van der Waals surface area contributed by atoms with Crippen LogP contribution in [-0.4, -0.2) is 35.7 Å². The van der Waals surface area contributed by atoms with Gasteiger partial charge in [-0.15, -0.1) is 22.7 Å². The van der Waals surface area contributed by atoms with Gasteiger partial charge < -0.3 is 19.9 Å². The van der Waals surface area contributed by atoms with E-state index in [0.29, 0.717) is 5.75 Å². The number of anilines is 1. The van der Waals surface area contributed by atoms with Crippen LogP contribution in [0.5, 0.6) is 11.5 Å². The summed E-state index contributed by atoms with van der Waals surface area (Å²) in [6.07, 6.45) is 0. The number of phenols is 1. The van der Waals surface area contributed by atoms with Crippen LogP contribution in [0.4, 0.5) is 5.69 Å². The molecule has 4 aromatic rings. The van der Waals surface area contributed by atoms with Crippen molar-refractivity contribution in [3.05, 3.63) is 46.3 Å². The van der Waals surface area contributed by atoms with Gasteiger partial charge in [-0.2, -0.15) is 0 Å². The molecule has 2 N–H and O–H groups in total. The van der Waals surface area contributed by atoms with Crippen molar-refractivity contribution in [1.29, 1.82) is 0 Å². The molecule has 2 aromatic heterocycles. The average Bonchev–Trinajstić information content (AvgIpc) is 3.33. The summed E-state index contributed by atoms with van der Waals surface area (Å²) in [5.74, 6) is -0.913. The third-order valence-corrected chi connectivity index (χ3v) is 6.08. The molecule has 0 aliphatic heterocycles. The normalized spacial score (nSPS) is 11.0. The van der Waals surface area contributed by atoms with Crippen molar-refractivity contribution in [2.24, 2.45) is 0 Å². The maximum Gasteiger partial charge on any atom is 0.341 e. The van der Waals surface area contributed by atoms with Gasteiger partial charge >= 0.3 is 5.97 Å². The molecule has 0 spiro atoms. The first-order chi connectivity index (χ1) is 14.0. The van der Waals surface area contributed by atoms with E-state index in [1.807, 2.05) is 24.4 Å². The number of carbonyl (C=O) groups excluding carboxylic acids is 2. The number of nitrogens with zero attached hydrogens (tertiary/aromatic N) is 1. The Balaban J connectivity index is 1.53. The summed E-state index contributed by atoms with van der Waals surface area (Å²) < 4.78 is 12.4. The van der Waals surface area contributed by atoms with E-state index in [0.717, 1.165) is 25.3 Å². The van der Waals surface area contributed by atoms with Crippen LogP contribution in [-0.2, 0) is 9.53 Å². The minimum atomic E-state index is -0.692. The Morgan fingerprint density at radius 2 is 2.10 bits per heavy atom. The molecule has 0 aliphatic carbocycles. The molecule has 29 heavy (non-hydrogen) atoms. The molecule has 0 unspecified atom stereocenters. The highest BCUT2D eigenvalue weighted by atomic mass is 32.1. The fourth-order valence-electron chi connectivity index (χ4n) is 2.95. The summed E-state index contributed by atoms with van der Waals surface area (Å²) >= 11 is 3.14. The second kappa shape index (κ2) is 7.69. The van der Waals surface area contributed by atoms with Gasteiger partial charge in [0.1, 0.15) is 11.3 Å². The van der Waals surface area contributed by atoms with Gasteiger partial charge in [0.05, 0.1) is 32.7 Å². The third-order valence-electron chi connectivity index (χ3n) is 4.24. The van der Waals surface area contributed by atoms with Gasteiger partial charge in [-0.1, -0.05) is 6.07 Å². The minimum absolute atomic E-state index is 0.0304. The number of carbonyl (C=O) groups is 2. The van der Waals surface area contributed by atoms with Crippen molar-refractivity contribution in [3.8, 4) is 11.5 Å². The molecule has 1 amide bonds.